The van der Waals surface area contributed by atoms with Gasteiger partial charge in [-0.3, -0.25) is 24.3 Å². The average Bonchev–Trinajstić information content (AvgIpc) is 3.39. The molecule has 6 rings (SSSR count). The second-order valence-electron chi connectivity index (χ2n) is 9.41. The zero-order valence-electron chi connectivity index (χ0n) is 19.7. The minimum atomic E-state index is -0.250. The molecule has 188 valence electrons. The van der Waals surface area contributed by atoms with E-state index >= 15 is 0 Å². The molecular formula is C26H27ClN4O4S. The van der Waals surface area contributed by atoms with Crippen molar-refractivity contribution in [3.8, 4) is 11.1 Å². The third-order valence-corrected chi connectivity index (χ3v) is 8.46. The molecule has 2 amide bonds. The number of imide groups is 1. The number of hydrogen-bond donors (Lipinski definition) is 2. The standard InChI is InChI=1S/C25H25ClN4O2S.CH2O2/c26-15-8-14-2-1-7-29(17-10-16(27)11-17)24(14)20(9-15)19-5-6-28-21-12-18(33-25(19)21)13-30-22(31)3-4-23(30)32;2-1-3/h5-6,8-9,12,16-17H,1-4,7,10-11,13,27H2;1H,(H,2,3)/t16-,17-;. The highest BCUT2D eigenvalue weighted by molar-refractivity contribution is 7.19. The molecule has 2 fully saturated rings. The van der Waals surface area contributed by atoms with Gasteiger partial charge in [-0.1, -0.05) is 11.6 Å². The number of anilines is 1. The lowest BCUT2D eigenvalue weighted by Crippen LogP contribution is -2.52. The fourth-order valence-corrected chi connectivity index (χ4v) is 6.80. The fourth-order valence-electron chi connectivity index (χ4n) is 5.42. The third-order valence-electron chi connectivity index (χ3n) is 7.10. The van der Waals surface area contributed by atoms with E-state index in [0.717, 1.165) is 63.5 Å². The normalized spacial score (nSPS) is 21.2. The second-order valence-corrected chi connectivity index (χ2v) is 11.0. The number of halogens is 1. The summed E-state index contributed by atoms with van der Waals surface area (Å²) < 4.78 is 1.06. The van der Waals surface area contributed by atoms with Crippen LogP contribution >= 0.6 is 22.9 Å². The molecule has 10 heteroatoms. The van der Waals surface area contributed by atoms with Gasteiger partial charge in [-0.2, -0.15) is 0 Å². The van der Waals surface area contributed by atoms with Crippen molar-refractivity contribution in [3.05, 3.63) is 45.9 Å². The van der Waals surface area contributed by atoms with Crippen molar-refractivity contribution in [3.63, 3.8) is 0 Å². The maximum absolute atomic E-state index is 12.1. The minimum Gasteiger partial charge on any atom is -0.483 e. The van der Waals surface area contributed by atoms with Crippen molar-refractivity contribution >= 4 is 57.1 Å². The van der Waals surface area contributed by atoms with Crippen LogP contribution in [0, 0.1) is 0 Å². The Kier molecular flexibility index (Phi) is 6.96. The number of benzene rings is 1. The molecule has 3 N–H and O–H groups in total. The minimum absolute atomic E-state index is 0.0936. The van der Waals surface area contributed by atoms with Gasteiger partial charge in [-0.15, -0.1) is 11.3 Å². The Morgan fingerprint density at radius 2 is 1.86 bits per heavy atom. The number of thiophene rings is 1. The molecule has 3 aromatic rings. The lowest BCUT2D eigenvalue weighted by molar-refractivity contribution is -0.139. The number of hydrogen-bond acceptors (Lipinski definition) is 7. The number of carboxylic acid groups (broad SMARTS) is 1. The molecule has 1 saturated carbocycles. The number of carbonyl (C=O) groups excluding carboxylic acids is 2. The van der Waals surface area contributed by atoms with Gasteiger partial charge in [0.15, 0.2) is 0 Å². The summed E-state index contributed by atoms with van der Waals surface area (Å²) in [6.45, 7) is 1.10. The van der Waals surface area contributed by atoms with Crippen molar-refractivity contribution in [1.82, 2.24) is 9.88 Å². The van der Waals surface area contributed by atoms with Gasteiger partial charge in [0.1, 0.15) is 0 Å². The molecular weight excluding hydrogens is 500 g/mol. The van der Waals surface area contributed by atoms with Crippen LogP contribution in [0.4, 0.5) is 5.69 Å². The van der Waals surface area contributed by atoms with E-state index in [1.807, 2.05) is 12.3 Å². The first kappa shape index (κ1) is 24.7. The molecule has 0 spiro atoms. The SMILES string of the molecule is N[C@H]1C[C@H](N2CCCc3cc(Cl)cc(-c4ccnc5cc(CN6C(=O)CCC6=O)sc45)c32)C1.O=CO. The van der Waals surface area contributed by atoms with E-state index in [2.05, 4.69) is 28.1 Å². The average molecular weight is 527 g/mol. The first-order valence-corrected chi connectivity index (χ1v) is 13.2. The molecule has 0 bridgehead atoms. The number of nitrogens with two attached hydrogens (primary N) is 1. The van der Waals surface area contributed by atoms with E-state index in [1.165, 1.54) is 16.2 Å². The number of rotatable bonds is 4. The van der Waals surface area contributed by atoms with Gasteiger partial charge in [0.2, 0.25) is 11.8 Å². The summed E-state index contributed by atoms with van der Waals surface area (Å²) in [6.07, 6.45) is 6.63. The number of amides is 2. The van der Waals surface area contributed by atoms with E-state index in [0.29, 0.717) is 31.5 Å². The molecule has 3 aliphatic rings. The Balaban J connectivity index is 0.000000848. The number of likely N-dealkylation sites (tertiary alicyclic amines) is 1. The maximum Gasteiger partial charge on any atom is 0.290 e. The third kappa shape index (κ3) is 4.58. The lowest BCUT2D eigenvalue weighted by atomic mass is 9.83. The molecule has 8 nitrogen and oxygen atoms in total. The van der Waals surface area contributed by atoms with Crippen LogP contribution in [0.25, 0.3) is 21.3 Å². The van der Waals surface area contributed by atoms with Gasteiger partial charge in [0, 0.05) is 64.4 Å². The van der Waals surface area contributed by atoms with Crippen LogP contribution in [0.5, 0.6) is 0 Å². The van der Waals surface area contributed by atoms with Gasteiger partial charge < -0.3 is 15.7 Å². The van der Waals surface area contributed by atoms with E-state index in [9.17, 15) is 9.59 Å². The largest absolute Gasteiger partial charge is 0.483 e. The Labute approximate surface area is 217 Å². The quantitative estimate of drug-likeness (QED) is 0.386. The highest BCUT2D eigenvalue weighted by atomic mass is 35.5. The van der Waals surface area contributed by atoms with Crippen LogP contribution in [0.15, 0.2) is 30.5 Å². The van der Waals surface area contributed by atoms with Gasteiger partial charge in [0.05, 0.1) is 16.8 Å². The van der Waals surface area contributed by atoms with Crippen LogP contribution < -0.4 is 10.6 Å². The number of pyridine rings is 1. The Bertz CT molecular complexity index is 1320. The van der Waals surface area contributed by atoms with Gasteiger partial charge >= 0.3 is 0 Å². The van der Waals surface area contributed by atoms with Crippen molar-refractivity contribution < 1.29 is 19.5 Å². The van der Waals surface area contributed by atoms with Crippen LogP contribution in [0.1, 0.15) is 42.5 Å². The maximum atomic E-state index is 12.1. The Morgan fingerprint density at radius 1 is 1.14 bits per heavy atom. The van der Waals surface area contributed by atoms with Crippen molar-refractivity contribution in [2.45, 2.75) is 57.2 Å². The van der Waals surface area contributed by atoms with Crippen molar-refractivity contribution in [2.24, 2.45) is 5.73 Å². The van der Waals surface area contributed by atoms with Gasteiger partial charge in [-0.25, -0.2) is 0 Å². The first-order chi connectivity index (χ1) is 17.4. The summed E-state index contributed by atoms with van der Waals surface area (Å²) in [5, 5.41) is 7.63. The highest BCUT2D eigenvalue weighted by Crippen LogP contribution is 2.46. The zero-order valence-corrected chi connectivity index (χ0v) is 21.2. The predicted octanol–water partition coefficient (Wildman–Crippen LogP) is 4.21. The van der Waals surface area contributed by atoms with Crippen LogP contribution in [-0.2, 0) is 27.3 Å². The topological polar surface area (TPSA) is 117 Å². The molecule has 0 unspecified atom stereocenters. The first-order valence-electron chi connectivity index (χ1n) is 12.0. The molecule has 0 atom stereocenters. The summed E-state index contributed by atoms with van der Waals surface area (Å²) in [4.78, 5) is 42.0. The van der Waals surface area contributed by atoms with Gasteiger partial charge in [0.25, 0.3) is 6.47 Å². The molecule has 2 aliphatic heterocycles. The predicted molar refractivity (Wildman–Crippen MR) is 140 cm³/mol. The Morgan fingerprint density at radius 3 is 2.56 bits per heavy atom. The van der Waals surface area contributed by atoms with Crippen molar-refractivity contribution in [1.29, 1.82) is 0 Å². The summed E-state index contributed by atoms with van der Waals surface area (Å²) in [6, 6.07) is 9.00. The molecule has 1 saturated heterocycles. The van der Waals surface area contributed by atoms with Gasteiger partial charge in [-0.05, 0) is 55.5 Å². The number of carbonyl (C=O) groups is 3. The lowest BCUT2D eigenvalue weighted by Gasteiger charge is -2.46. The smallest absolute Gasteiger partial charge is 0.290 e. The van der Waals surface area contributed by atoms with E-state index in [-0.39, 0.29) is 18.3 Å². The van der Waals surface area contributed by atoms with E-state index < -0.39 is 0 Å². The van der Waals surface area contributed by atoms with Crippen LogP contribution in [-0.4, -0.2) is 51.9 Å². The summed E-state index contributed by atoms with van der Waals surface area (Å²) in [5.74, 6) is -0.187. The van der Waals surface area contributed by atoms with E-state index in [4.69, 9.17) is 27.2 Å². The molecule has 36 heavy (non-hydrogen) atoms. The summed E-state index contributed by atoms with van der Waals surface area (Å²) in [7, 11) is 0. The van der Waals surface area contributed by atoms with Crippen LogP contribution in [0.2, 0.25) is 5.02 Å². The molecule has 2 aromatic heterocycles. The van der Waals surface area contributed by atoms with Crippen LogP contribution in [0.3, 0.4) is 0 Å². The fraction of sp³-hybridized carbons (Fsp3) is 0.385. The van der Waals surface area contributed by atoms with E-state index in [1.54, 1.807) is 11.3 Å². The number of nitrogens with zero attached hydrogens (tertiary/aromatic N) is 3. The summed E-state index contributed by atoms with van der Waals surface area (Å²) >= 11 is 8.21. The number of aromatic nitrogens is 1. The molecule has 0 radical (unpaired) electrons. The zero-order chi connectivity index (χ0) is 25.4. The second kappa shape index (κ2) is 10.2. The van der Waals surface area contributed by atoms with Crippen molar-refractivity contribution in [2.75, 3.05) is 11.4 Å². The molecule has 4 heterocycles. The monoisotopic (exact) mass is 526 g/mol. The molecule has 1 aliphatic carbocycles. The highest BCUT2D eigenvalue weighted by Gasteiger charge is 2.35. The Hall–Kier alpha value is -3.01. The number of aryl methyl sites for hydroxylation is 1. The number of fused-ring (bicyclic) bond motifs is 2. The summed E-state index contributed by atoms with van der Waals surface area (Å²) in [5.41, 5.74) is 11.8. The molecule has 1 aromatic carbocycles.